The first-order valence-electron chi connectivity index (χ1n) is 7.37. The monoisotopic (exact) mass is 330 g/mol. The number of aliphatic hydroxyl groups is 1. The van der Waals surface area contributed by atoms with Crippen LogP contribution in [-0.4, -0.2) is 46.0 Å². The summed E-state index contributed by atoms with van der Waals surface area (Å²) in [7, 11) is 0. The van der Waals surface area contributed by atoms with Crippen molar-refractivity contribution in [1.82, 2.24) is 9.55 Å². The highest BCUT2D eigenvalue weighted by molar-refractivity contribution is 5.69. The first kappa shape index (κ1) is 17.4. The Morgan fingerprint density at radius 3 is 2.91 bits per heavy atom. The molecule has 3 unspecified atom stereocenters. The van der Waals surface area contributed by atoms with Gasteiger partial charge in [0.15, 0.2) is 0 Å². The summed E-state index contributed by atoms with van der Waals surface area (Å²) in [4.78, 5) is 26.9. The zero-order chi connectivity index (χ0) is 17.0. The summed E-state index contributed by atoms with van der Waals surface area (Å²) in [5.41, 5.74) is -0.751. The van der Waals surface area contributed by atoms with Gasteiger partial charge in [0.1, 0.15) is 18.4 Å². The first-order valence-corrected chi connectivity index (χ1v) is 7.37. The van der Waals surface area contributed by atoms with E-state index < -0.39 is 35.9 Å². The normalized spacial score (nSPS) is 23.7. The van der Waals surface area contributed by atoms with Gasteiger partial charge in [-0.1, -0.05) is 6.92 Å². The van der Waals surface area contributed by atoms with E-state index in [9.17, 15) is 19.1 Å². The standard InChI is InChI=1S/C14H19FN2O6/c1-3-12(19)23-9-5-11(22-10(9)7-18)17-6-8(15)13(21-4-2)16-14(17)20/h6,9-11,18H,3-5,7H2,1-2H3. The number of hydrogen-bond acceptors (Lipinski definition) is 7. The van der Waals surface area contributed by atoms with Crippen molar-refractivity contribution in [3.05, 3.63) is 22.5 Å². The van der Waals surface area contributed by atoms with Crippen molar-refractivity contribution in [1.29, 1.82) is 0 Å². The van der Waals surface area contributed by atoms with Gasteiger partial charge in [0.2, 0.25) is 5.82 Å². The number of hydrogen-bond donors (Lipinski definition) is 1. The molecular weight excluding hydrogens is 311 g/mol. The molecule has 9 heteroatoms. The molecule has 8 nitrogen and oxygen atoms in total. The van der Waals surface area contributed by atoms with Crippen molar-refractivity contribution >= 4 is 5.97 Å². The molecule has 0 amide bonds. The highest BCUT2D eigenvalue weighted by atomic mass is 19.1. The largest absolute Gasteiger partial charge is 0.476 e. The van der Waals surface area contributed by atoms with Crippen molar-refractivity contribution in [3.63, 3.8) is 0 Å². The average Bonchev–Trinajstić information content (AvgIpc) is 2.93. The minimum absolute atomic E-state index is 0.117. The molecule has 0 aromatic carbocycles. The van der Waals surface area contributed by atoms with Gasteiger partial charge in [0, 0.05) is 12.8 Å². The molecule has 1 fully saturated rings. The van der Waals surface area contributed by atoms with Crippen molar-refractivity contribution < 1.29 is 28.5 Å². The maximum atomic E-state index is 13.9. The van der Waals surface area contributed by atoms with Crippen LogP contribution in [0.4, 0.5) is 4.39 Å². The fraction of sp³-hybridized carbons (Fsp3) is 0.643. The second-order valence-electron chi connectivity index (χ2n) is 4.95. The highest BCUT2D eigenvalue weighted by Crippen LogP contribution is 2.30. The summed E-state index contributed by atoms with van der Waals surface area (Å²) in [5.74, 6) is -1.62. The maximum Gasteiger partial charge on any atom is 0.353 e. The van der Waals surface area contributed by atoms with Gasteiger partial charge in [0.05, 0.1) is 19.4 Å². The Bertz CT molecular complexity index is 620. The van der Waals surface area contributed by atoms with E-state index in [1.165, 1.54) is 0 Å². The van der Waals surface area contributed by atoms with Crippen molar-refractivity contribution in [2.75, 3.05) is 13.2 Å². The number of nitrogens with zero attached hydrogens (tertiary/aromatic N) is 2. The van der Waals surface area contributed by atoms with Crippen LogP contribution in [0.2, 0.25) is 0 Å². The molecule has 1 N–H and O–H groups in total. The fourth-order valence-electron chi connectivity index (χ4n) is 2.29. The summed E-state index contributed by atoms with van der Waals surface area (Å²) < 4.78 is 30.4. The van der Waals surface area contributed by atoms with Crippen LogP contribution in [0.1, 0.15) is 32.9 Å². The van der Waals surface area contributed by atoms with E-state index in [4.69, 9.17) is 14.2 Å². The van der Waals surface area contributed by atoms with Crippen LogP contribution in [0, 0.1) is 5.82 Å². The van der Waals surface area contributed by atoms with Gasteiger partial charge < -0.3 is 19.3 Å². The Hall–Kier alpha value is -2.00. The molecule has 2 heterocycles. The van der Waals surface area contributed by atoms with Gasteiger partial charge >= 0.3 is 11.7 Å². The van der Waals surface area contributed by atoms with Crippen molar-refractivity contribution in [2.24, 2.45) is 0 Å². The fourth-order valence-corrected chi connectivity index (χ4v) is 2.29. The van der Waals surface area contributed by atoms with Gasteiger partial charge in [-0.2, -0.15) is 9.37 Å². The van der Waals surface area contributed by atoms with Crippen LogP contribution in [-0.2, 0) is 14.3 Å². The molecule has 23 heavy (non-hydrogen) atoms. The van der Waals surface area contributed by atoms with Gasteiger partial charge in [-0.3, -0.25) is 9.36 Å². The predicted octanol–water partition coefficient (Wildman–Crippen LogP) is 0.383. The predicted molar refractivity (Wildman–Crippen MR) is 75.4 cm³/mol. The number of carbonyl (C=O) groups is 1. The number of carbonyl (C=O) groups excluding carboxylic acids is 1. The van der Waals surface area contributed by atoms with Gasteiger partial charge in [-0.15, -0.1) is 0 Å². The highest BCUT2D eigenvalue weighted by Gasteiger charge is 2.39. The molecule has 128 valence electrons. The van der Waals surface area contributed by atoms with Crippen LogP contribution in [0.15, 0.2) is 11.0 Å². The second-order valence-corrected chi connectivity index (χ2v) is 4.95. The van der Waals surface area contributed by atoms with E-state index in [-0.39, 0.29) is 31.9 Å². The molecule has 1 aliphatic heterocycles. The summed E-state index contributed by atoms with van der Waals surface area (Å²) in [5, 5.41) is 9.31. The van der Waals surface area contributed by atoms with E-state index in [0.29, 0.717) is 0 Å². The molecule has 3 atom stereocenters. The van der Waals surface area contributed by atoms with Crippen LogP contribution >= 0.6 is 0 Å². The molecule has 1 aliphatic rings. The molecule has 1 saturated heterocycles. The minimum Gasteiger partial charge on any atom is -0.476 e. The third-order valence-electron chi connectivity index (χ3n) is 3.40. The van der Waals surface area contributed by atoms with E-state index in [0.717, 1.165) is 10.8 Å². The lowest BCUT2D eigenvalue weighted by Gasteiger charge is -2.16. The lowest BCUT2D eigenvalue weighted by atomic mass is 10.2. The summed E-state index contributed by atoms with van der Waals surface area (Å²) in [6, 6.07) is 0. The quantitative estimate of drug-likeness (QED) is 0.753. The van der Waals surface area contributed by atoms with Crippen LogP contribution in [0.5, 0.6) is 5.88 Å². The van der Waals surface area contributed by atoms with E-state index in [2.05, 4.69) is 4.98 Å². The molecule has 0 bridgehead atoms. The molecule has 0 radical (unpaired) electrons. The van der Waals surface area contributed by atoms with E-state index in [1.54, 1.807) is 13.8 Å². The Balaban J connectivity index is 2.21. The molecule has 0 saturated carbocycles. The topological polar surface area (TPSA) is 99.9 Å². The molecular formula is C14H19FN2O6. The number of rotatable bonds is 6. The number of ether oxygens (including phenoxy) is 3. The Labute approximate surface area is 131 Å². The lowest BCUT2D eigenvalue weighted by Crippen LogP contribution is -2.30. The number of halogens is 1. The SMILES string of the molecule is CCOc1nc(=O)n(C2CC(OC(=O)CC)C(CO)O2)cc1F. The van der Waals surface area contributed by atoms with Crippen LogP contribution in [0.3, 0.4) is 0 Å². The van der Waals surface area contributed by atoms with Crippen molar-refractivity contribution in [3.8, 4) is 5.88 Å². The Morgan fingerprint density at radius 2 is 2.30 bits per heavy atom. The average molecular weight is 330 g/mol. The Kier molecular flexibility index (Phi) is 5.67. The summed E-state index contributed by atoms with van der Waals surface area (Å²) >= 11 is 0. The zero-order valence-corrected chi connectivity index (χ0v) is 12.9. The second kappa shape index (κ2) is 7.51. The van der Waals surface area contributed by atoms with Gasteiger partial charge in [-0.05, 0) is 6.92 Å². The van der Waals surface area contributed by atoms with Crippen molar-refractivity contribution in [2.45, 2.75) is 45.1 Å². The zero-order valence-electron chi connectivity index (χ0n) is 12.9. The van der Waals surface area contributed by atoms with E-state index >= 15 is 0 Å². The van der Waals surface area contributed by atoms with Crippen LogP contribution < -0.4 is 10.4 Å². The molecule has 0 spiro atoms. The third-order valence-corrected chi connectivity index (χ3v) is 3.40. The van der Waals surface area contributed by atoms with Crippen LogP contribution in [0.25, 0.3) is 0 Å². The summed E-state index contributed by atoms with van der Waals surface area (Å²) in [6.45, 7) is 3.07. The summed E-state index contributed by atoms with van der Waals surface area (Å²) in [6.07, 6.45) is -1.14. The molecule has 1 aromatic heterocycles. The lowest BCUT2D eigenvalue weighted by molar-refractivity contribution is -0.152. The smallest absolute Gasteiger partial charge is 0.353 e. The first-order chi connectivity index (χ1) is 11.0. The van der Waals surface area contributed by atoms with Gasteiger partial charge in [-0.25, -0.2) is 4.79 Å². The maximum absolute atomic E-state index is 13.9. The Morgan fingerprint density at radius 1 is 1.57 bits per heavy atom. The molecule has 0 aliphatic carbocycles. The molecule has 1 aromatic rings. The minimum atomic E-state index is -0.882. The number of esters is 1. The molecule has 2 rings (SSSR count). The van der Waals surface area contributed by atoms with E-state index in [1.807, 2.05) is 0 Å². The third kappa shape index (κ3) is 3.85. The number of aliphatic hydroxyl groups excluding tert-OH is 1. The van der Waals surface area contributed by atoms with Gasteiger partial charge in [0.25, 0.3) is 5.88 Å². The number of aromatic nitrogens is 2.